The van der Waals surface area contributed by atoms with Gasteiger partial charge in [-0.1, -0.05) is 23.7 Å². The molecular formula is C16H20ClFN4O. The van der Waals surface area contributed by atoms with Crippen molar-refractivity contribution in [2.75, 3.05) is 20.6 Å². The Hall–Kier alpha value is -1.92. The van der Waals surface area contributed by atoms with E-state index in [4.69, 9.17) is 11.6 Å². The zero-order valence-corrected chi connectivity index (χ0v) is 14.1. The first-order valence-corrected chi connectivity index (χ1v) is 7.65. The summed E-state index contributed by atoms with van der Waals surface area (Å²) < 4.78 is 14.6. The smallest absolute Gasteiger partial charge is 0.256 e. The molecule has 0 aliphatic heterocycles. The summed E-state index contributed by atoms with van der Waals surface area (Å²) in [5.74, 6) is -0.599. The number of nitrogens with one attached hydrogen (secondary N) is 1. The van der Waals surface area contributed by atoms with E-state index in [-0.39, 0.29) is 22.9 Å². The molecule has 1 heterocycles. The maximum Gasteiger partial charge on any atom is 0.256 e. The Morgan fingerprint density at radius 3 is 2.57 bits per heavy atom. The average Bonchev–Trinajstić information content (AvgIpc) is 2.84. The average molecular weight is 339 g/mol. The highest BCUT2D eigenvalue weighted by Crippen LogP contribution is 2.20. The first kappa shape index (κ1) is 17.4. The standard InChI is InChI=1S/C16H20ClFN4O/c1-21(2)9-8-14(11-4-6-12(18)7-5-11)20-16(23)13-10-19-22(3)15(13)17/h4-7,10,14H,8-9H2,1-3H3,(H,20,23). The predicted molar refractivity (Wildman–Crippen MR) is 88.0 cm³/mol. The van der Waals surface area contributed by atoms with E-state index in [1.165, 1.54) is 23.0 Å². The van der Waals surface area contributed by atoms with Gasteiger partial charge in [0.1, 0.15) is 11.0 Å². The number of rotatable bonds is 6. The van der Waals surface area contributed by atoms with Gasteiger partial charge in [0.15, 0.2) is 0 Å². The second kappa shape index (κ2) is 7.57. The summed E-state index contributed by atoms with van der Waals surface area (Å²) in [5, 5.41) is 7.21. The van der Waals surface area contributed by atoms with E-state index in [1.54, 1.807) is 19.2 Å². The molecule has 1 amide bonds. The van der Waals surface area contributed by atoms with Crippen molar-refractivity contribution in [3.05, 3.63) is 52.6 Å². The molecule has 1 atom stereocenters. The Morgan fingerprint density at radius 2 is 2.04 bits per heavy atom. The zero-order chi connectivity index (χ0) is 17.0. The van der Waals surface area contributed by atoms with Crippen LogP contribution < -0.4 is 5.32 Å². The molecule has 0 spiro atoms. The van der Waals surface area contributed by atoms with Crippen LogP contribution in [0.15, 0.2) is 30.5 Å². The van der Waals surface area contributed by atoms with E-state index in [9.17, 15) is 9.18 Å². The van der Waals surface area contributed by atoms with Crippen molar-refractivity contribution in [1.82, 2.24) is 20.0 Å². The van der Waals surface area contributed by atoms with Gasteiger partial charge >= 0.3 is 0 Å². The fourth-order valence-electron chi connectivity index (χ4n) is 2.22. The van der Waals surface area contributed by atoms with Crippen molar-refractivity contribution in [1.29, 1.82) is 0 Å². The van der Waals surface area contributed by atoms with Crippen molar-refractivity contribution in [3.63, 3.8) is 0 Å². The summed E-state index contributed by atoms with van der Waals surface area (Å²) in [4.78, 5) is 14.5. The molecule has 2 rings (SSSR count). The van der Waals surface area contributed by atoms with Crippen LogP contribution in [0.3, 0.4) is 0 Å². The summed E-state index contributed by atoms with van der Waals surface area (Å²) in [6, 6.07) is 5.91. The van der Waals surface area contributed by atoms with Crippen LogP contribution in [0.1, 0.15) is 28.4 Å². The lowest BCUT2D eigenvalue weighted by Gasteiger charge is -2.21. The maximum absolute atomic E-state index is 13.1. The van der Waals surface area contributed by atoms with Gasteiger partial charge in [0.05, 0.1) is 17.8 Å². The molecule has 23 heavy (non-hydrogen) atoms. The second-order valence-electron chi connectivity index (χ2n) is 5.64. The molecular weight excluding hydrogens is 319 g/mol. The highest BCUT2D eigenvalue weighted by atomic mass is 35.5. The fraction of sp³-hybridized carbons (Fsp3) is 0.375. The largest absolute Gasteiger partial charge is 0.345 e. The predicted octanol–water partition coefficient (Wildman–Crippen LogP) is 2.64. The molecule has 1 N–H and O–H groups in total. The summed E-state index contributed by atoms with van der Waals surface area (Å²) >= 11 is 6.06. The van der Waals surface area contributed by atoms with E-state index < -0.39 is 0 Å². The van der Waals surface area contributed by atoms with Gasteiger partial charge < -0.3 is 10.2 Å². The molecule has 0 radical (unpaired) electrons. The van der Waals surface area contributed by atoms with E-state index in [0.717, 1.165) is 12.1 Å². The van der Waals surface area contributed by atoms with Crippen LogP contribution in [0.25, 0.3) is 0 Å². The van der Waals surface area contributed by atoms with E-state index in [1.807, 2.05) is 19.0 Å². The number of carbonyl (C=O) groups excluding carboxylic acids is 1. The molecule has 0 aliphatic carbocycles. The molecule has 0 aliphatic rings. The fourth-order valence-corrected chi connectivity index (χ4v) is 2.39. The first-order valence-electron chi connectivity index (χ1n) is 7.27. The number of aromatic nitrogens is 2. The third-order valence-electron chi connectivity index (χ3n) is 3.55. The molecule has 1 aromatic heterocycles. The lowest BCUT2D eigenvalue weighted by molar-refractivity contribution is 0.0933. The number of hydrogen-bond acceptors (Lipinski definition) is 3. The van der Waals surface area contributed by atoms with Crippen molar-refractivity contribution < 1.29 is 9.18 Å². The third kappa shape index (κ3) is 4.53. The number of amides is 1. The molecule has 0 bridgehead atoms. The SMILES string of the molecule is CN(C)CCC(NC(=O)c1cnn(C)c1Cl)c1ccc(F)cc1. The number of nitrogens with zero attached hydrogens (tertiary/aromatic N) is 3. The van der Waals surface area contributed by atoms with E-state index >= 15 is 0 Å². The lowest BCUT2D eigenvalue weighted by atomic mass is 10.0. The normalized spacial score (nSPS) is 12.4. The molecule has 0 saturated carbocycles. The van der Waals surface area contributed by atoms with Gasteiger partial charge in [0.25, 0.3) is 5.91 Å². The molecule has 1 unspecified atom stereocenters. The Balaban J connectivity index is 2.18. The molecule has 0 saturated heterocycles. The minimum atomic E-state index is -0.304. The highest BCUT2D eigenvalue weighted by Gasteiger charge is 2.20. The van der Waals surface area contributed by atoms with Crippen LogP contribution >= 0.6 is 11.6 Å². The third-order valence-corrected chi connectivity index (χ3v) is 4.00. The summed E-state index contributed by atoms with van der Waals surface area (Å²) in [7, 11) is 5.59. The zero-order valence-electron chi connectivity index (χ0n) is 13.4. The molecule has 1 aromatic carbocycles. The molecule has 7 heteroatoms. The Morgan fingerprint density at radius 1 is 1.39 bits per heavy atom. The number of carbonyl (C=O) groups is 1. The number of aryl methyl sites for hydroxylation is 1. The van der Waals surface area contributed by atoms with Crippen LogP contribution in [0.2, 0.25) is 5.15 Å². The lowest BCUT2D eigenvalue weighted by Crippen LogP contribution is -2.31. The quantitative estimate of drug-likeness (QED) is 0.881. The van der Waals surface area contributed by atoms with Gasteiger partial charge in [0.2, 0.25) is 0 Å². The number of halogens is 2. The van der Waals surface area contributed by atoms with Crippen molar-refractivity contribution in [2.24, 2.45) is 7.05 Å². The summed E-state index contributed by atoms with van der Waals surface area (Å²) in [6.07, 6.45) is 2.13. The van der Waals surface area contributed by atoms with Crippen LogP contribution in [0.4, 0.5) is 4.39 Å². The molecule has 124 valence electrons. The van der Waals surface area contributed by atoms with Crippen LogP contribution in [0.5, 0.6) is 0 Å². The summed E-state index contributed by atoms with van der Waals surface area (Å²) in [6.45, 7) is 0.781. The Bertz CT molecular complexity index is 669. The van der Waals surface area contributed by atoms with Crippen molar-refractivity contribution in [2.45, 2.75) is 12.5 Å². The van der Waals surface area contributed by atoms with E-state index in [0.29, 0.717) is 12.0 Å². The topological polar surface area (TPSA) is 50.2 Å². The van der Waals surface area contributed by atoms with Crippen LogP contribution in [0, 0.1) is 5.82 Å². The van der Waals surface area contributed by atoms with Gasteiger partial charge in [-0.25, -0.2) is 4.39 Å². The monoisotopic (exact) mass is 338 g/mol. The van der Waals surface area contributed by atoms with Crippen molar-refractivity contribution >= 4 is 17.5 Å². The van der Waals surface area contributed by atoms with Crippen LogP contribution in [-0.2, 0) is 7.05 Å². The molecule has 5 nitrogen and oxygen atoms in total. The van der Waals surface area contributed by atoms with Gasteiger partial charge in [-0.05, 0) is 44.8 Å². The Labute approximate surface area is 140 Å². The highest BCUT2D eigenvalue weighted by molar-refractivity contribution is 6.32. The minimum absolute atomic E-state index is 0.234. The number of benzene rings is 1. The van der Waals surface area contributed by atoms with Gasteiger partial charge in [-0.3, -0.25) is 9.48 Å². The van der Waals surface area contributed by atoms with Crippen molar-refractivity contribution in [3.8, 4) is 0 Å². The summed E-state index contributed by atoms with van der Waals surface area (Å²) in [5.41, 5.74) is 1.17. The van der Waals surface area contributed by atoms with Crippen LogP contribution in [-0.4, -0.2) is 41.2 Å². The first-order chi connectivity index (χ1) is 10.9. The van der Waals surface area contributed by atoms with E-state index in [2.05, 4.69) is 10.4 Å². The van der Waals surface area contributed by atoms with Gasteiger partial charge in [-0.15, -0.1) is 0 Å². The minimum Gasteiger partial charge on any atom is -0.345 e. The molecule has 2 aromatic rings. The molecule has 0 fully saturated rings. The second-order valence-corrected chi connectivity index (χ2v) is 6.00. The number of hydrogen-bond donors (Lipinski definition) is 1. The maximum atomic E-state index is 13.1. The Kier molecular flexibility index (Phi) is 5.74. The van der Waals surface area contributed by atoms with Gasteiger partial charge in [0, 0.05) is 7.05 Å². The van der Waals surface area contributed by atoms with Gasteiger partial charge in [-0.2, -0.15) is 5.10 Å².